The number of rotatable bonds is 4. The highest BCUT2D eigenvalue weighted by molar-refractivity contribution is 6.26. The summed E-state index contributed by atoms with van der Waals surface area (Å²) in [5, 5.41) is 30.9. The molecule has 1 aliphatic heterocycles. The fourth-order valence-corrected chi connectivity index (χ4v) is 2.88. The van der Waals surface area contributed by atoms with Crippen molar-refractivity contribution in [3.63, 3.8) is 0 Å². The molecule has 1 heterocycles. The van der Waals surface area contributed by atoms with Crippen LogP contribution < -0.4 is 0 Å². The molecule has 1 aliphatic rings. The van der Waals surface area contributed by atoms with Gasteiger partial charge in [0.05, 0.1) is 29.2 Å². The maximum Gasteiger partial charge on any atom is 0.270 e. The van der Waals surface area contributed by atoms with Crippen LogP contribution in [0.2, 0.25) is 0 Å². The van der Waals surface area contributed by atoms with Gasteiger partial charge in [0.25, 0.3) is 17.5 Å². The monoisotopic (exact) mass is 330 g/mol. The number of amides is 2. The summed E-state index contributed by atoms with van der Waals surface area (Å²) in [5.74, 6) is -1.43. The summed E-state index contributed by atoms with van der Waals surface area (Å²) in [6.07, 6.45) is 0. The number of carbonyl (C=O) groups excluding carboxylic acids is 2. The lowest BCUT2D eigenvalue weighted by Crippen LogP contribution is -2.58. The summed E-state index contributed by atoms with van der Waals surface area (Å²) in [7, 11) is 0. The van der Waals surface area contributed by atoms with E-state index in [1.165, 1.54) is 19.1 Å². The van der Waals surface area contributed by atoms with E-state index in [4.69, 9.17) is 0 Å². The number of aliphatic hydroxyl groups excluding tert-OH is 2. The Hall–Kier alpha value is -2.84. The van der Waals surface area contributed by atoms with Crippen molar-refractivity contribution in [3.8, 4) is 0 Å². The van der Waals surface area contributed by atoms with Crippen molar-refractivity contribution in [2.75, 3.05) is 13.2 Å². The Kier molecular flexibility index (Phi) is 3.58. The third-order valence-corrected chi connectivity index (χ3v) is 4.26. The number of nitro benzene ring substituents is 1. The Bertz CT molecular complexity index is 888. The summed E-state index contributed by atoms with van der Waals surface area (Å²) in [6.45, 7) is 0.0910. The van der Waals surface area contributed by atoms with Gasteiger partial charge in [-0.25, -0.2) is 0 Å². The van der Waals surface area contributed by atoms with E-state index >= 15 is 0 Å². The highest BCUT2D eigenvalue weighted by Gasteiger charge is 2.44. The molecular formula is C16H14N2O6. The Labute approximate surface area is 136 Å². The summed E-state index contributed by atoms with van der Waals surface area (Å²) in [5.41, 5.74) is -1.59. The molecule has 0 radical (unpaired) electrons. The summed E-state index contributed by atoms with van der Waals surface area (Å²) >= 11 is 0. The van der Waals surface area contributed by atoms with Crippen molar-refractivity contribution in [1.82, 2.24) is 4.90 Å². The molecule has 2 amide bonds. The molecule has 0 bridgehead atoms. The van der Waals surface area contributed by atoms with Gasteiger partial charge in [-0.15, -0.1) is 0 Å². The van der Waals surface area contributed by atoms with E-state index < -0.39 is 35.5 Å². The Morgan fingerprint density at radius 2 is 1.75 bits per heavy atom. The zero-order valence-electron chi connectivity index (χ0n) is 12.7. The molecule has 2 aromatic carbocycles. The van der Waals surface area contributed by atoms with Gasteiger partial charge in [-0.2, -0.15) is 0 Å². The molecule has 8 heteroatoms. The number of benzene rings is 2. The molecule has 0 unspecified atom stereocenters. The fourth-order valence-electron chi connectivity index (χ4n) is 2.88. The zero-order valence-corrected chi connectivity index (χ0v) is 12.7. The SMILES string of the molecule is CC(CO)(CO)N1C(=O)c2cccc3cc([N+](=O)[O-])cc(c23)C1=O. The van der Waals surface area contributed by atoms with E-state index in [1.54, 1.807) is 12.1 Å². The predicted octanol–water partition coefficient (Wildman–Crippen LogP) is 1.09. The molecule has 8 nitrogen and oxygen atoms in total. The third kappa shape index (κ3) is 2.08. The molecule has 0 saturated carbocycles. The quantitative estimate of drug-likeness (QED) is 0.492. The second-order valence-corrected chi connectivity index (χ2v) is 5.91. The van der Waals surface area contributed by atoms with E-state index in [9.17, 15) is 29.9 Å². The molecule has 24 heavy (non-hydrogen) atoms. The van der Waals surface area contributed by atoms with Gasteiger partial charge >= 0.3 is 0 Å². The first kappa shape index (κ1) is 16.0. The fraction of sp³-hybridized carbons (Fsp3) is 0.250. The summed E-state index contributed by atoms with van der Waals surface area (Å²) < 4.78 is 0. The lowest BCUT2D eigenvalue weighted by molar-refractivity contribution is -0.384. The number of imide groups is 1. The van der Waals surface area contributed by atoms with Gasteiger partial charge in [-0.3, -0.25) is 24.6 Å². The Balaban J connectivity index is 2.34. The number of non-ortho nitro benzene ring substituents is 1. The van der Waals surface area contributed by atoms with Crippen LogP contribution in [-0.4, -0.2) is 50.6 Å². The second kappa shape index (κ2) is 5.36. The summed E-state index contributed by atoms with van der Waals surface area (Å²) in [4.78, 5) is 36.8. The lowest BCUT2D eigenvalue weighted by Gasteiger charge is -2.39. The molecule has 3 rings (SSSR count). The maximum atomic E-state index is 12.8. The first-order valence-corrected chi connectivity index (χ1v) is 7.16. The van der Waals surface area contributed by atoms with Crippen LogP contribution >= 0.6 is 0 Å². The van der Waals surface area contributed by atoms with Crippen molar-refractivity contribution in [1.29, 1.82) is 0 Å². The van der Waals surface area contributed by atoms with Crippen molar-refractivity contribution < 1.29 is 24.7 Å². The van der Waals surface area contributed by atoms with Gasteiger partial charge < -0.3 is 10.2 Å². The van der Waals surface area contributed by atoms with E-state index in [0.717, 1.165) is 11.0 Å². The highest BCUT2D eigenvalue weighted by atomic mass is 16.6. The molecule has 0 fully saturated rings. The van der Waals surface area contributed by atoms with Gasteiger partial charge in [-0.1, -0.05) is 12.1 Å². The first-order chi connectivity index (χ1) is 11.3. The number of hydrogen-bond donors (Lipinski definition) is 2. The van der Waals surface area contributed by atoms with Crippen LogP contribution in [0, 0.1) is 10.1 Å². The van der Waals surface area contributed by atoms with Crippen molar-refractivity contribution in [2.45, 2.75) is 12.5 Å². The number of nitrogens with zero attached hydrogens (tertiary/aromatic N) is 2. The predicted molar refractivity (Wildman–Crippen MR) is 83.7 cm³/mol. The number of aliphatic hydroxyl groups is 2. The molecule has 0 aromatic heterocycles. The lowest BCUT2D eigenvalue weighted by atomic mass is 9.89. The molecular weight excluding hydrogens is 316 g/mol. The Morgan fingerprint density at radius 3 is 2.33 bits per heavy atom. The smallest absolute Gasteiger partial charge is 0.270 e. The molecule has 0 spiro atoms. The number of carbonyl (C=O) groups is 2. The average Bonchev–Trinajstić information content (AvgIpc) is 2.58. The van der Waals surface area contributed by atoms with E-state index in [1.807, 2.05) is 0 Å². The average molecular weight is 330 g/mol. The van der Waals surface area contributed by atoms with Gasteiger partial charge in [0.2, 0.25) is 0 Å². The number of nitro groups is 1. The standard InChI is InChI=1S/C16H14N2O6/c1-16(7-19,8-20)17-14(21)11-4-2-3-9-5-10(18(23)24)6-12(13(9)11)15(17)22/h2-6,19-20H,7-8H2,1H3. The van der Waals surface area contributed by atoms with Crippen LogP contribution in [-0.2, 0) is 0 Å². The van der Waals surface area contributed by atoms with E-state index in [0.29, 0.717) is 10.8 Å². The minimum atomic E-state index is -1.52. The Morgan fingerprint density at radius 1 is 1.12 bits per heavy atom. The minimum Gasteiger partial charge on any atom is -0.394 e. The molecule has 0 atom stereocenters. The van der Waals surface area contributed by atoms with Gasteiger partial charge in [0.1, 0.15) is 0 Å². The molecule has 2 N–H and O–H groups in total. The van der Waals surface area contributed by atoms with Crippen molar-refractivity contribution in [2.24, 2.45) is 0 Å². The molecule has 0 saturated heterocycles. The highest BCUT2D eigenvalue weighted by Crippen LogP contribution is 2.35. The van der Waals surface area contributed by atoms with Crippen LogP contribution in [0.15, 0.2) is 30.3 Å². The zero-order chi connectivity index (χ0) is 17.6. The van der Waals surface area contributed by atoms with Gasteiger partial charge in [-0.05, 0) is 18.4 Å². The topological polar surface area (TPSA) is 121 Å². The van der Waals surface area contributed by atoms with Crippen LogP contribution in [0.25, 0.3) is 10.8 Å². The van der Waals surface area contributed by atoms with Crippen LogP contribution in [0.4, 0.5) is 5.69 Å². The molecule has 2 aromatic rings. The van der Waals surface area contributed by atoms with Crippen LogP contribution in [0.5, 0.6) is 0 Å². The largest absolute Gasteiger partial charge is 0.394 e. The van der Waals surface area contributed by atoms with Gasteiger partial charge in [0.15, 0.2) is 0 Å². The maximum absolute atomic E-state index is 12.8. The van der Waals surface area contributed by atoms with Crippen molar-refractivity contribution >= 4 is 28.3 Å². The third-order valence-electron chi connectivity index (χ3n) is 4.26. The molecule has 0 aliphatic carbocycles. The minimum absolute atomic E-state index is 0.00234. The van der Waals surface area contributed by atoms with Crippen molar-refractivity contribution in [3.05, 3.63) is 51.6 Å². The van der Waals surface area contributed by atoms with Crippen LogP contribution in [0.3, 0.4) is 0 Å². The first-order valence-electron chi connectivity index (χ1n) is 7.16. The van der Waals surface area contributed by atoms with E-state index in [2.05, 4.69) is 0 Å². The van der Waals surface area contributed by atoms with E-state index in [-0.39, 0.29) is 16.8 Å². The number of hydrogen-bond acceptors (Lipinski definition) is 6. The molecule has 124 valence electrons. The second-order valence-electron chi connectivity index (χ2n) is 5.91. The van der Waals surface area contributed by atoms with Crippen LogP contribution in [0.1, 0.15) is 27.6 Å². The normalized spacial score (nSPS) is 14.4. The van der Waals surface area contributed by atoms with Gasteiger partial charge in [0, 0.05) is 23.1 Å². The summed E-state index contributed by atoms with van der Waals surface area (Å²) in [6, 6.07) is 7.07.